The maximum atomic E-state index is 12.8. The fraction of sp³-hybridized carbons (Fsp3) is 0.333. The third-order valence-corrected chi connectivity index (χ3v) is 4.55. The number of aryl methyl sites for hydroxylation is 2. The van der Waals surface area contributed by atoms with Crippen molar-refractivity contribution >= 4 is 23.2 Å². The molecule has 1 saturated heterocycles. The van der Waals surface area contributed by atoms with E-state index in [0.29, 0.717) is 37.6 Å². The molecule has 142 valence electrons. The maximum Gasteiger partial charge on any atom is 0.239 e. The van der Waals surface area contributed by atoms with Gasteiger partial charge in [0.15, 0.2) is 0 Å². The summed E-state index contributed by atoms with van der Waals surface area (Å²) in [5.74, 6) is -0.404. The molecule has 1 aliphatic rings. The molecule has 6 heteroatoms. The van der Waals surface area contributed by atoms with Crippen LogP contribution in [0.4, 0.5) is 11.4 Å². The number of benzene rings is 2. The Morgan fingerprint density at radius 1 is 1.19 bits per heavy atom. The minimum absolute atomic E-state index is 0.152. The first-order valence-corrected chi connectivity index (χ1v) is 9.11. The molecule has 1 unspecified atom stereocenters. The second-order valence-electron chi connectivity index (χ2n) is 6.83. The molecule has 1 aliphatic heterocycles. The first-order valence-electron chi connectivity index (χ1n) is 9.11. The summed E-state index contributed by atoms with van der Waals surface area (Å²) in [5, 5.41) is 2.83. The molecule has 1 heterocycles. The van der Waals surface area contributed by atoms with Gasteiger partial charge in [0.25, 0.3) is 0 Å². The van der Waals surface area contributed by atoms with Crippen molar-refractivity contribution in [1.29, 1.82) is 0 Å². The highest BCUT2D eigenvalue weighted by Gasteiger charge is 2.37. The summed E-state index contributed by atoms with van der Waals surface area (Å²) < 4.78 is 5.42. The van der Waals surface area contributed by atoms with Crippen LogP contribution in [0.3, 0.4) is 0 Å². The molecule has 2 amide bonds. The predicted octanol–water partition coefficient (Wildman–Crippen LogP) is 2.63. The average molecular weight is 367 g/mol. The van der Waals surface area contributed by atoms with Crippen LogP contribution in [-0.4, -0.2) is 31.5 Å². The Balaban J connectivity index is 1.65. The molecule has 6 nitrogen and oxygen atoms in total. The summed E-state index contributed by atoms with van der Waals surface area (Å²) in [6, 6.07) is 13.1. The lowest BCUT2D eigenvalue weighted by Gasteiger charge is -2.18. The molecular weight excluding hydrogens is 342 g/mol. The molecule has 0 aromatic heterocycles. The van der Waals surface area contributed by atoms with Gasteiger partial charge in [-0.3, -0.25) is 9.59 Å². The standard InChI is InChI=1S/C21H25N3O3/c1-14-11-15(2)13-17(12-14)24-9-7-19(21(24)26)20(25)23-16-3-5-18(6-4-16)27-10-8-22/h3-6,11-13,19H,7-10,22H2,1-2H3,(H,23,25). The smallest absolute Gasteiger partial charge is 0.239 e. The van der Waals surface area contributed by atoms with Gasteiger partial charge in [-0.15, -0.1) is 0 Å². The number of hydrogen-bond donors (Lipinski definition) is 2. The van der Waals surface area contributed by atoms with Gasteiger partial charge >= 0.3 is 0 Å². The number of nitrogens with zero attached hydrogens (tertiary/aromatic N) is 1. The second kappa shape index (κ2) is 8.22. The Kier molecular flexibility index (Phi) is 5.76. The Bertz CT molecular complexity index is 813. The van der Waals surface area contributed by atoms with Crippen molar-refractivity contribution in [3.63, 3.8) is 0 Å². The Morgan fingerprint density at radius 2 is 1.85 bits per heavy atom. The van der Waals surface area contributed by atoms with Crippen molar-refractivity contribution < 1.29 is 14.3 Å². The number of nitrogens with two attached hydrogens (primary N) is 1. The van der Waals surface area contributed by atoms with Crippen molar-refractivity contribution in [2.45, 2.75) is 20.3 Å². The van der Waals surface area contributed by atoms with E-state index in [1.54, 1.807) is 29.2 Å². The minimum Gasteiger partial charge on any atom is -0.492 e. The van der Waals surface area contributed by atoms with Crippen LogP contribution in [0.15, 0.2) is 42.5 Å². The number of anilines is 2. The van der Waals surface area contributed by atoms with E-state index in [9.17, 15) is 9.59 Å². The average Bonchev–Trinajstić information content (AvgIpc) is 3.02. The lowest BCUT2D eigenvalue weighted by molar-refractivity contribution is -0.129. The van der Waals surface area contributed by atoms with E-state index in [-0.39, 0.29) is 11.8 Å². The molecule has 0 spiro atoms. The molecule has 2 aromatic rings. The van der Waals surface area contributed by atoms with E-state index in [1.807, 2.05) is 26.0 Å². The third kappa shape index (κ3) is 4.46. The van der Waals surface area contributed by atoms with Crippen molar-refractivity contribution in [1.82, 2.24) is 0 Å². The van der Waals surface area contributed by atoms with Gasteiger partial charge < -0.3 is 20.7 Å². The van der Waals surface area contributed by atoms with Crippen LogP contribution in [-0.2, 0) is 9.59 Å². The highest BCUT2D eigenvalue weighted by atomic mass is 16.5. The maximum absolute atomic E-state index is 12.8. The minimum atomic E-state index is -0.668. The van der Waals surface area contributed by atoms with E-state index in [1.165, 1.54) is 0 Å². The van der Waals surface area contributed by atoms with Gasteiger partial charge in [0, 0.05) is 24.5 Å². The number of carbonyl (C=O) groups is 2. The highest BCUT2D eigenvalue weighted by Crippen LogP contribution is 2.28. The normalized spacial score (nSPS) is 16.5. The third-order valence-electron chi connectivity index (χ3n) is 4.55. The Hall–Kier alpha value is -2.86. The number of ether oxygens (including phenoxy) is 1. The van der Waals surface area contributed by atoms with Crippen LogP contribution in [0.2, 0.25) is 0 Å². The molecule has 3 rings (SSSR count). The number of nitrogens with one attached hydrogen (secondary N) is 1. The van der Waals surface area contributed by atoms with Crippen molar-refractivity contribution in [2.24, 2.45) is 11.7 Å². The molecule has 0 aliphatic carbocycles. The van der Waals surface area contributed by atoms with Crippen LogP contribution >= 0.6 is 0 Å². The van der Waals surface area contributed by atoms with Crippen molar-refractivity contribution in [3.05, 3.63) is 53.6 Å². The zero-order valence-corrected chi connectivity index (χ0v) is 15.7. The van der Waals surface area contributed by atoms with Crippen molar-refractivity contribution in [3.8, 4) is 5.75 Å². The molecule has 0 radical (unpaired) electrons. The van der Waals surface area contributed by atoms with Gasteiger partial charge in [-0.2, -0.15) is 0 Å². The van der Waals surface area contributed by atoms with Crippen LogP contribution < -0.4 is 20.7 Å². The van der Waals surface area contributed by atoms with Gasteiger partial charge in [0.1, 0.15) is 18.3 Å². The monoisotopic (exact) mass is 367 g/mol. The van der Waals surface area contributed by atoms with Crippen LogP contribution in [0.5, 0.6) is 5.75 Å². The topological polar surface area (TPSA) is 84.7 Å². The molecule has 2 aromatic carbocycles. The summed E-state index contributed by atoms with van der Waals surface area (Å²) in [5.41, 5.74) is 9.10. The first kappa shape index (κ1) is 18.9. The largest absolute Gasteiger partial charge is 0.492 e. The van der Waals surface area contributed by atoms with Crippen LogP contribution in [0.1, 0.15) is 17.5 Å². The van der Waals surface area contributed by atoms with Crippen molar-refractivity contribution in [2.75, 3.05) is 29.9 Å². The van der Waals surface area contributed by atoms with E-state index < -0.39 is 5.92 Å². The molecular formula is C21H25N3O3. The number of hydrogen-bond acceptors (Lipinski definition) is 4. The highest BCUT2D eigenvalue weighted by molar-refractivity contribution is 6.13. The molecule has 0 bridgehead atoms. The summed E-state index contributed by atoms with van der Waals surface area (Å²) in [6.45, 7) is 5.44. The number of rotatable bonds is 6. The predicted molar refractivity (Wildman–Crippen MR) is 106 cm³/mol. The summed E-state index contributed by atoms with van der Waals surface area (Å²) in [4.78, 5) is 27.1. The second-order valence-corrected chi connectivity index (χ2v) is 6.83. The first-order chi connectivity index (χ1) is 13.0. The van der Waals surface area contributed by atoms with E-state index in [2.05, 4.69) is 11.4 Å². The van der Waals surface area contributed by atoms with Gasteiger partial charge in [-0.1, -0.05) is 6.07 Å². The zero-order valence-electron chi connectivity index (χ0n) is 15.7. The van der Waals surface area contributed by atoms with E-state index in [0.717, 1.165) is 16.8 Å². The molecule has 0 saturated carbocycles. The summed E-state index contributed by atoms with van der Waals surface area (Å²) in [6.07, 6.45) is 0.509. The molecule has 1 atom stereocenters. The van der Waals surface area contributed by atoms with Gasteiger partial charge in [0.05, 0.1) is 0 Å². The zero-order chi connectivity index (χ0) is 19.4. The molecule has 27 heavy (non-hydrogen) atoms. The quantitative estimate of drug-likeness (QED) is 0.769. The Morgan fingerprint density at radius 3 is 2.48 bits per heavy atom. The SMILES string of the molecule is Cc1cc(C)cc(N2CCC(C(=O)Nc3ccc(OCCN)cc3)C2=O)c1. The lowest BCUT2D eigenvalue weighted by atomic mass is 10.1. The van der Waals surface area contributed by atoms with Crippen LogP contribution in [0.25, 0.3) is 0 Å². The van der Waals surface area contributed by atoms with Gasteiger partial charge in [-0.25, -0.2) is 0 Å². The fourth-order valence-electron chi connectivity index (χ4n) is 3.33. The van der Waals surface area contributed by atoms with Crippen LogP contribution in [0, 0.1) is 19.8 Å². The molecule has 1 fully saturated rings. The fourth-order valence-corrected chi connectivity index (χ4v) is 3.33. The van der Waals surface area contributed by atoms with Gasteiger partial charge in [-0.05, 0) is 67.8 Å². The van der Waals surface area contributed by atoms with E-state index in [4.69, 9.17) is 10.5 Å². The number of amides is 2. The van der Waals surface area contributed by atoms with E-state index >= 15 is 0 Å². The summed E-state index contributed by atoms with van der Waals surface area (Å²) >= 11 is 0. The summed E-state index contributed by atoms with van der Waals surface area (Å²) in [7, 11) is 0. The Labute approximate surface area is 159 Å². The lowest BCUT2D eigenvalue weighted by Crippen LogP contribution is -2.33. The number of carbonyl (C=O) groups excluding carboxylic acids is 2. The molecule has 3 N–H and O–H groups in total. The van der Waals surface area contributed by atoms with Gasteiger partial charge in [0.2, 0.25) is 11.8 Å².